The van der Waals surface area contributed by atoms with Gasteiger partial charge in [-0.3, -0.25) is 30.6 Å². The fourth-order valence-electron chi connectivity index (χ4n) is 2.22. The molecule has 0 aliphatic heterocycles. The van der Waals surface area contributed by atoms with E-state index in [1.54, 1.807) is 19.0 Å². The molecular formula is C17H17FN4O4. The zero-order valence-corrected chi connectivity index (χ0v) is 14.2. The summed E-state index contributed by atoms with van der Waals surface area (Å²) in [5.74, 6) is -1.61. The van der Waals surface area contributed by atoms with E-state index in [1.807, 2.05) is 0 Å². The molecule has 0 bridgehead atoms. The van der Waals surface area contributed by atoms with E-state index in [4.69, 9.17) is 0 Å². The Labute approximate surface area is 148 Å². The molecular weight excluding hydrogens is 343 g/mol. The van der Waals surface area contributed by atoms with Crippen LogP contribution in [0.5, 0.6) is 0 Å². The van der Waals surface area contributed by atoms with Crippen molar-refractivity contribution < 1.29 is 18.9 Å². The summed E-state index contributed by atoms with van der Waals surface area (Å²) in [5.41, 5.74) is 5.15. The van der Waals surface area contributed by atoms with Crippen LogP contribution in [-0.4, -0.2) is 30.8 Å². The molecule has 2 amide bonds. The predicted molar refractivity (Wildman–Crippen MR) is 93.1 cm³/mol. The summed E-state index contributed by atoms with van der Waals surface area (Å²) < 4.78 is 12.8. The lowest BCUT2D eigenvalue weighted by Crippen LogP contribution is -2.42. The van der Waals surface area contributed by atoms with Crippen molar-refractivity contribution in [2.75, 3.05) is 19.0 Å². The Morgan fingerprint density at radius 1 is 1.12 bits per heavy atom. The fourth-order valence-corrected chi connectivity index (χ4v) is 2.22. The highest BCUT2D eigenvalue weighted by Crippen LogP contribution is 2.27. The summed E-state index contributed by atoms with van der Waals surface area (Å²) in [6, 6.07) is 9.38. The molecule has 136 valence electrons. The van der Waals surface area contributed by atoms with Crippen LogP contribution >= 0.6 is 0 Å². The van der Waals surface area contributed by atoms with Gasteiger partial charge in [-0.15, -0.1) is 0 Å². The molecule has 0 radical (unpaired) electrons. The maximum atomic E-state index is 12.8. The van der Waals surface area contributed by atoms with E-state index in [-0.39, 0.29) is 17.7 Å². The zero-order valence-electron chi connectivity index (χ0n) is 14.2. The van der Waals surface area contributed by atoms with Gasteiger partial charge in [0.15, 0.2) is 0 Å². The van der Waals surface area contributed by atoms with Crippen LogP contribution in [0.4, 0.5) is 15.8 Å². The van der Waals surface area contributed by atoms with Crippen molar-refractivity contribution in [3.8, 4) is 0 Å². The fraction of sp³-hybridized carbons (Fsp3) is 0.176. The van der Waals surface area contributed by atoms with Crippen LogP contribution in [0.25, 0.3) is 0 Å². The van der Waals surface area contributed by atoms with Crippen LogP contribution in [0.15, 0.2) is 42.5 Å². The quantitative estimate of drug-likeness (QED) is 0.625. The standard InChI is InChI=1S/C17H17FN4O4/c1-21(2)14-8-5-12(10-15(14)22(25)26)17(24)20-19-16(23)9-11-3-6-13(18)7-4-11/h3-8,10H,9H2,1-2H3,(H,19,23)(H,20,24). The molecule has 26 heavy (non-hydrogen) atoms. The van der Waals surface area contributed by atoms with Gasteiger partial charge in [-0.25, -0.2) is 4.39 Å². The lowest BCUT2D eigenvalue weighted by molar-refractivity contribution is -0.384. The number of nitro benzene ring substituents is 1. The van der Waals surface area contributed by atoms with E-state index in [0.717, 1.165) is 6.07 Å². The van der Waals surface area contributed by atoms with E-state index >= 15 is 0 Å². The third-order valence-corrected chi connectivity index (χ3v) is 3.51. The molecule has 0 fully saturated rings. The van der Waals surface area contributed by atoms with Crippen molar-refractivity contribution in [3.63, 3.8) is 0 Å². The van der Waals surface area contributed by atoms with Crippen molar-refractivity contribution in [2.45, 2.75) is 6.42 Å². The van der Waals surface area contributed by atoms with Crippen molar-refractivity contribution in [3.05, 3.63) is 69.5 Å². The van der Waals surface area contributed by atoms with Crippen molar-refractivity contribution in [2.24, 2.45) is 0 Å². The first kappa shape index (κ1) is 18.8. The summed E-state index contributed by atoms with van der Waals surface area (Å²) >= 11 is 0. The number of nitro groups is 1. The van der Waals surface area contributed by atoms with Crippen molar-refractivity contribution in [1.29, 1.82) is 0 Å². The molecule has 9 heteroatoms. The molecule has 0 aliphatic carbocycles. The van der Waals surface area contributed by atoms with Gasteiger partial charge < -0.3 is 4.90 Å². The number of anilines is 1. The second-order valence-electron chi connectivity index (χ2n) is 5.66. The summed E-state index contributed by atoms with van der Waals surface area (Å²) in [4.78, 5) is 36.0. The highest BCUT2D eigenvalue weighted by molar-refractivity contribution is 5.96. The molecule has 0 saturated heterocycles. The van der Waals surface area contributed by atoms with E-state index in [0.29, 0.717) is 11.3 Å². The van der Waals surface area contributed by atoms with Crippen LogP contribution in [0, 0.1) is 15.9 Å². The summed E-state index contributed by atoms with van der Waals surface area (Å²) in [6.45, 7) is 0. The van der Waals surface area contributed by atoms with Gasteiger partial charge in [0, 0.05) is 25.7 Å². The second-order valence-corrected chi connectivity index (χ2v) is 5.66. The van der Waals surface area contributed by atoms with Gasteiger partial charge in [-0.1, -0.05) is 12.1 Å². The Balaban J connectivity index is 2.01. The molecule has 0 unspecified atom stereocenters. The van der Waals surface area contributed by atoms with Gasteiger partial charge in [0.2, 0.25) is 5.91 Å². The molecule has 8 nitrogen and oxygen atoms in total. The van der Waals surface area contributed by atoms with Gasteiger partial charge in [0.05, 0.1) is 11.3 Å². The van der Waals surface area contributed by atoms with Gasteiger partial charge in [-0.2, -0.15) is 0 Å². The van der Waals surface area contributed by atoms with E-state index < -0.39 is 22.6 Å². The first-order valence-corrected chi connectivity index (χ1v) is 7.57. The molecule has 0 aromatic heterocycles. The smallest absolute Gasteiger partial charge is 0.293 e. The first-order valence-electron chi connectivity index (χ1n) is 7.57. The van der Waals surface area contributed by atoms with E-state index in [2.05, 4.69) is 10.9 Å². The summed E-state index contributed by atoms with van der Waals surface area (Å²) in [7, 11) is 3.30. The topological polar surface area (TPSA) is 105 Å². The Morgan fingerprint density at radius 2 is 1.77 bits per heavy atom. The molecule has 0 heterocycles. The van der Waals surface area contributed by atoms with E-state index in [9.17, 15) is 24.1 Å². The molecule has 2 N–H and O–H groups in total. The lowest BCUT2D eigenvalue weighted by atomic mass is 10.1. The summed E-state index contributed by atoms with van der Waals surface area (Å²) in [6.07, 6.45) is -0.0553. The number of rotatable bonds is 5. The first-order chi connectivity index (χ1) is 12.3. The predicted octanol–water partition coefficient (Wildman–Crippen LogP) is 1.80. The van der Waals surface area contributed by atoms with Crippen LogP contribution in [-0.2, 0) is 11.2 Å². The number of carbonyl (C=O) groups excluding carboxylic acids is 2. The number of halogens is 1. The van der Waals surface area contributed by atoms with Gasteiger partial charge in [-0.05, 0) is 29.8 Å². The Morgan fingerprint density at radius 3 is 2.35 bits per heavy atom. The van der Waals surface area contributed by atoms with Crippen LogP contribution in [0.3, 0.4) is 0 Å². The Hall–Kier alpha value is -3.49. The number of carbonyl (C=O) groups is 2. The lowest BCUT2D eigenvalue weighted by Gasteiger charge is -2.13. The van der Waals surface area contributed by atoms with Crippen LogP contribution in [0.1, 0.15) is 15.9 Å². The third-order valence-electron chi connectivity index (χ3n) is 3.51. The monoisotopic (exact) mass is 360 g/mol. The average Bonchev–Trinajstić information content (AvgIpc) is 2.61. The molecule has 0 spiro atoms. The van der Waals surface area contributed by atoms with Crippen LogP contribution in [0.2, 0.25) is 0 Å². The third kappa shape index (κ3) is 4.76. The molecule has 0 atom stereocenters. The Kier molecular flexibility index (Phi) is 5.84. The summed E-state index contributed by atoms with van der Waals surface area (Å²) in [5, 5.41) is 11.1. The molecule has 0 saturated carbocycles. The zero-order chi connectivity index (χ0) is 19.3. The largest absolute Gasteiger partial charge is 0.372 e. The molecule has 2 aromatic carbocycles. The average molecular weight is 360 g/mol. The van der Waals surface area contributed by atoms with Crippen molar-refractivity contribution in [1.82, 2.24) is 10.9 Å². The number of hydrogen-bond donors (Lipinski definition) is 2. The number of nitrogens with zero attached hydrogens (tertiary/aromatic N) is 2. The van der Waals surface area contributed by atoms with Gasteiger partial charge in [0.25, 0.3) is 11.6 Å². The SMILES string of the molecule is CN(C)c1ccc(C(=O)NNC(=O)Cc2ccc(F)cc2)cc1[N+](=O)[O-]. The normalized spacial score (nSPS) is 10.1. The highest BCUT2D eigenvalue weighted by Gasteiger charge is 2.19. The minimum absolute atomic E-state index is 0.0318. The molecule has 0 aliphatic rings. The molecule has 2 aromatic rings. The highest BCUT2D eigenvalue weighted by atomic mass is 19.1. The van der Waals surface area contributed by atoms with Gasteiger partial charge >= 0.3 is 0 Å². The minimum Gasteiger partial charge on any atom is -0.372 e. The Bertz CT molecular complexity index is 837. The maximum absolute atomic E-state index is 12.8. The number of benzene rings is 2. The number of nitrogens with one attached hydrogen (secondary N) is 2. The number of amides is 2. The van der Waals surface area contributed by atoms with Crippen LogP contribution < -0.4 is 15.8 Å². The molecule has 2 rings (SSSR count). The second kappa shape index (κ2) is 8.06. The number of hydrogen-bond acceptors (Lipinski definition) is 5. The van der Waals surface area contributed by atoms with E-state index in [1.165, 1.54) is 36.4 Å². The minimum atomic E-state index is -0.689. The van der Waals surface area contributed by atoms with Gasteiger partial charge in [0.1, 0.15) is 11.5 Å². The maximum Gasteiger partial charge on any atom is 0.293 e. The number of hydrazine groups is 1. The van der Waals surface area contributed by atoms with Crippen molar-refractivity contribution >= 4 is 23.2 Å².